The SMILES string of the molecule is CN1Cc2cc(C(=O)Nc3cccc(N)n3)ccc2N[C@@H](CC(=O)O)C1=O. The van der Waals surface area contributed by atoms with Crippen molar-refractivity contribution in [1.82, 2.24) is 9.88 Å². The Morgan fingerprint density at radius 3 is 2.85 bits per heavy atom. The third-order valence-electron chi connectivity index (χ3n) is 4.17. The number of anilines is 3. The maximum Gasteiger partial charge on any atom is 0.305 e. The number of benzene rings is 1. The minimum atomic E-state index is -1.07. The van der Waals surface area contributed by atoms with Gasteiger partial charge in [0.25, 0.3) is 5.91 Å². The first-order valence-corrected chi connectivity index (χ1v) is 8.23. The lowest BCUT2D eigenvalue weighted by Crippen LogP contribution is -2.39. The van der Waals surface area contributed by atoms with Crippen LogP contribution in [0.25, 0.3) is 0 Å². The van der Waals surface area contributed by atoms with Crippen molar-refractivity contribution in [1.29, 1.82) is 0 Å². The van der Waals surface area contributed by atoms with Crippen molar-refractivity contribution in [3.05, 3.63) is 47.5 Å². The number of likely N-dealkylation sites (N-methyl/N-ethyl adjacent to an activating group) is 1. The van der Waals surface area contributed by atoms with E-state index in [9.17, 15) is 14.4 Å². The van der Waals surface area contributed by atoms with Crippen molar-refractivity contribution in [3.63, 3.8) is 0 Å². The van der Waals surface area contributed by atoms with Crippen LogP contribution < -0.4 is 16.4 Å². The van der Waals surface area contributed by atoms with E-state index < -0.39 is 12.0 Å². The van der Waals surface area contributed by atoms with Crippen LogP contribution in [0.3, 0.4) is 0 Å². The first kappa shape index (κ1) is 18.2. The van der Waals surface area contributed by atoms with Crippen LogP contribution in [0.4, 0.5) is 17.3 Å². The highest BCUT2D eigenvalue weighted by atomic mass is 16.4. The number of nitrogens with two attached hydrogens (primary N) is 1. The molecular formula is C18H19N5O4. The summed E-state index contributed by atoms with van der Waals surface area (Å²) in [7, 11) is 1.59. The third-order valence-corrected chi connectivity index (χ3v) is 4.17. The van der Waals surface area contributed by atoms with Gasteiger partial charge in [-0.15, -0.1) is 0 Å². The van der Waals surface area contributed by atoms with Gasteiger partial charge in [-0.25, -0.2) is 4.98 Å². The van der Waals surface area contributed by atoms with Crippen molar-refractivity contribution >= 4 is 35.1 Å². The van der Waals surface area contributed by atoms with Gasteiger partial charge >= 0.3 is 5.97 Å². The normalized spacial score (nSPS) is 16.1. The lowest BCUT2D eigenvalue weighted by atomic mass is 10.1. The summed E-state index contributed by atoms with van der Waals surface area (Å²) in [4.78, 5) is 41.3. The number of amides is 2. The Morgan fingerprint density at radius 1 is 1.37 bits per heavy atom. The number of hydrogen-bond acceptors (Lipinski definition) is 6. The number of nitrogens with one attached hydrogen (secondary N) is 2. The molecule has 2 amide bonds. The smallest absolute Gasteiger partial charge is 0.305 e. The van der Waals surface area contributed by atoms with Crippen molar-refractivity contribution in [3.8, 4) is 0 Å². The number of pyridine rings is 1. The van der Waals surface area contributed by atoms with Crippen LogP contribution in [-0.4, -0.2) is 45.9 Å². The predicted octanol–water partition coefficient (Wildman–Crippen LogP) is 1.14. The van der Waals surface area contributed by atoms with Gasteiger partial charge < -0.3 is 26.4 Å². The Labute approximate surface area is 155 Å². The molecule has 9 heteroatoms. The molecule has 1 aromatic heterocycles. The van der Waals surface area contributed by atoms with E-state index in [4.69, 9.17) is 10.8 Å². The zero-order chi connectivity index (χ0) is 19.6. The van der Waals surface area contributed by atoms with E-state index in [1.807, 2.05) is 0 Å². The fourth-order valence-corrected chi connectivity index (χ4v) is 2.88. The van der Waals surface area contributed by atoms with Crippen LogP contribution in [-0.2, 0) is 16.1 Å². The van der Waals surface area contributed by atoms with Crippen LogP contribution in [0.1, 0.15) is 22.3 Å². The van der Waals surface area contributed by atoms with Gasteiger partial charge in [0.1, 0.15) is 17.7 Å². The molecule has 1 atom stereocenters. The zero-order valence-electron chi connectivity index (χ0n) is 14.6. The second-order valence-corrected chi connectivity index (χ2v) is 6.26. The molecule has 0 saturated carbocycles. The quantitative estimate of drug-likeness (QED) is 0.634. The van der Waals surface area contributed by atoms with Crippen molar-refractivity contribution in [2.45, 2.75) is 19.0 Å². The number of aliphatic carboxylic acids is 1. The van der Waals surface area contributed by atoms with Crippen LogP contribution in [0.2, 0.25) is 0 Å². The summed E-state index contributed by atoms with van der Waals surface area (Å²) in [6.07, 6.45) is -0.327. The number of carbonyl (C=O) groups excluding carboxylic acids is 2. The van der Waals surface area contributed by atoms with Gasteiger partial charge in [-0.2, -0.15) is 0 Å². The summed E-state index contributed by atoms with van der Waals surface area (Å²) in [5, 5.41) is 14.6. The number of nitrogens with zero attached hydrogens (tertiary/aromatic N) is 2. The Kier molecular flexibility index (Phi) is 4.93. The van der Waals surface area contributed by atoms with E-state index in [1.54, 1.807) is 43.4 Å². The molecule has 1 aliphatic heterocycles. The molecule has 3 rings (SSSR count). The lowest BCUT2D eigenvalue weighted by Gasteiger charge is -2.19. The van der Waals surface area contributed by atoms with E-state index in [-0.39, 0.29) is 24.8 Å². The highest BCUT2D eigenvalue weighted by Crippen LogP contribution is 2.25. The van der Waals surface area contributed by atoms with E-state index in [1.165, 1.54) is 4.90 Å². The van der Waals surface area contributed by atoms with Crippen molar-refractivity contribution in [2.75, 3.05) is 23.4 Å². The number of rotatable bonds is 4. The average Bonchev–Trinajstić information content (AvgIpc) is 2.71. The Bertz CT molecular complexity index is 914. The summed E-state index contributed by atoms with van der Waals surface area (Å²) in [6, 6.07) is 9.00. The zero-order valence-corrected chi connectivity index (χ0v) is 14.6. The molecule has 2 aromatic rings. The van der Waals surface area contributed by atoms with Crippen LogP contribution in [0, 0.1) is 0 Å². The number of fused-ring (bicyclic) bond motifs is 1. The molecule has 9 nitrogen and oxygen atoms in total. The van der Waals surface area contributed by atoms with Gasteiger partial charge in [0.05, 0.1) is 6.42 Å². The third kappa shape index (κ3) is 4.14. The molecule has 0 spiro atoms. The maximum atomic E-state index is 12.5. The number of hydrogen-bond donors (Lipinski definition) is 4. The van der Waals surface area contributed by atoms with Gasteiger partial charge in [0.15, 0.2) is 0 Å². The number of nitrogen functional groups attached to an aromatic ring is 1. The summed E-state index contributed by atoms with van der Waals surface area (Å²) in [5.41, 5.74) is 7.33. The average molecular weight is 369 g/mol. The topological polar surface area (TPSA) is 138 Å². The molecule has 0 radical (unpaired) electrons. The number of carboxylic acids is 1. The van der Waals surface area contributed by atoms with Crippen molar-refractivity contribution < 1.29 is 19.5 Å². The van der Waals surface area contributed by atoms with Gasteiger partial charge in [-0.05, 0) is 35.9 Å². The van der Waals surface area contributed by atoms with Crippen LogP contribution in [0.15, 0.2) is 36.4 Å². The van der Waals surface area contributed by atoms with Crippen LogP contribution >= 0.6 is 0 Å². The molecule has 0 saturated heterocycles. The molecule has 1 aromatic carbocycles. The number of carboxylic acid groups (broad SMARTS) is 1. The maximum absolute atomic E-state index is 12.5. The molecule has 0 fully saturated rings. The molecule has 140 valence electrons. The largest absolute Gasteiger partial charge is 0.481 e. The standard InChI is InChI=1S/C18H19N5O4/c1-23-9-11-7-10(17(26)22-15-4-2-3-14(19)21-15)5-6-12(11)20-13(18(23)27)8-16(24)25/h2-7,13,20H,8-9H2,1H3,(H,24,25)(H3,19,21,22,26)/t13-/m0/s1. The van der Waals surface area contributed by atoms with Crippen molar-refractivity contribution in [2.24, 2.45) is 0 Å². The Hall–Kier alpha value is -3.62. The number of aromatic nitrogens is 1. The highest BCUT2D eigenvalue weighted by Gasteiger charge is 2.29. The van der Waals surface area contributed by atoms with Gasteiger partial charge in [0.2, 0.25) is 5.91 Å². The van der Waals surface area contributed by atoms with E-state index in [0.717, 1.165) is 0 Å². The Morgan fingerprint density at radius 2 is 2.15 bits per heavy atom. The minimum Gasteiger partial charge on any atom is -0.481 e. The number of carbonyl (C=O) groups is 3. The van der Waals surface area contributed by atoms with E-state index >= 15 is 0 Å². The molecule has 0 bridgehead atoms. The van der Waals surface area contributed by atoms with Gasteiger partial charge in [-0.3, -0.25) is 14.4 Å². The molecular weight excluding hydrogens is 350 g/mol. The van der Waals surface area contributed by atoms with E-state index in [2.05, 4.69) is 15.6 Å². The highest BCUT2D eigenvalue weighted by molar-refractivity contribution is 6.04. The monoisotopic (exact) mass is 369 g/mol. The summed E-state index contributed by atoms with van der Waals surface area (Å²) < 4.78 is 0. The second-order valence-electron chi connectivity index (χ2n) is 6.26. The molecule has 1 aliphatic rings. The summed E-state index contributed by atoms with van der Waals surface area (Å²) >= 11 is 0. The molecule has 27 heavy (non-hydrogen) atoms. The van der Waals surface area contributed by atoms with Crippen LogP contribution in [0.5, 0.6) is 0 Å². The fourth-order valence-electron chi connectivity index (χ4n) is 2.88. The van der Waals surface area contributed by atoms with Gasteiger partial charge in [-0.1, -0.05) is 6.07 Å². The first-order valence-electron chi connectivity index (χ1n) is 8.23. The van der Waals surface area contributed by atoms with Gasteiger partial charge in [0, 0.05) is 24.8 Å². The Balaban J connectivity index is 1.84. The van der Waals surface area contributed by atoms with E-state index in [0.29, 0.717) is 28.5 Å². The molecule has 5 N–H and O–H groups in total. The summed E-state index contributed by atoms with van der Waals surface area (Å²) in [6.45, 7) is 0.259. The molecule has 0 aliphatic carbocycles. The second kappa shape index (κ2) is 7.32. The minimum absolute atomic E-state index is 0.259. The molecule has 2 heterocycles. The summed E-state index contributed by atoms with van der Waals surface area (Å²) in [5.74, 6) is -1.12. The molecule has 0 unspecified atom stereocenters. The first-order chi connectivity index (χ1) is 12.8. The lowest BCUT2D eigenvalue weighted by molar-refractivity contribution is -0.141. The fraction of sp³-hybridized carbons (Fsp3) is 0.222. The predicted molar refractivity (Wildman–Crippen MR) is 99.2 cm³/mol.